The fraction of sp³-hybridized carbons (Fsp3) is 0.333. The van der Waals surface area contributed by atoms with Crippen molar-refractivity contribution in [2.24, 2.45) is 17.0 Å². The third-order valence-electron chi connectivity index (χ3n) is 2.56. The summed E-state index contributed by atoms with van der Waals surface area (Å²) in [4.78, 5) is 15.6. The Morgan fingerprint density at radius 1 is 1.50 bits per heavy atom. The van der Waals surface area contributed by atoms with Gasteiger partial charge in [-0.05, 0) is 12.0 Å². The summed E-state index contributed by atoms with van der Waals surface area (Å²) >= 11 is 0. The maximum Gasteiger partial charge on any atom is 0.307 e. The molecular weight excluding hydrogens is 206 g/mol. The van der Waals surface area contributed by atoms with E-state index in [0.717, 1.165) is 5.56 Å². The molecule has 0 bridgehead atoms. The van der Waals surface area contributed by atoms with Gasteiger partial charge in [0, 0.05) is 12.1 Å². The zero-order valence-electron chi connectivity index (χ0n) is 8.74. The molecular formula is C12H13NO3. The van der Waals surface area contributed by atoms with Gasteiger partial charge in [0.15, 0.2) is 0 Å². The van der Waals surface area contributed by atoms with Crippen molar-refractivity contribution < 1.29 is 14.7 Å². The average molecular weight is 219 g/mol. The minimum Gasteiger partial charge on any atom is -0.481 e. The highest BCUT2D eigenvalue weighted by molar-refractivity contribution is 5.81. The van der Waals surface area contributed by atoms with E-state index in [1.54, 1.807) is 6.21 Å². The molecule has 0 aliphatic heterocycles. The van der Waals surface area contributed by atoms with Crippen LogP contribution in [0.5, 0.6) is 0 Å². The molecule has 1 N–H and O–H groups in total. The smallest absolute Gasteiger partial charge is 0.307 e. The van der Waals surface area contributed by atoms with Crippen LogP contribution in [0, 0.1) is 11.8 Å². The van der Waals surface area contributed by atoms with Gasteiger partial charge in [-0.3, -0.25) is 4.79 Å². The Balaban J connectivity index is 1.69. The average Bonchev–Trinajstić information content (AvgIpc) is 3.05. The van der Waals surface area contributed by atoms with Gasteiger partial charge in [-0.2, -0.15) is 0 Å². The third kappa shape index (κ3) is 2.82. The molecule has 0 heterocycles. The van der Waals surface area contributed by atoms with Crippen molar-refractivity contribution in [1.29, 1.82) is 0 Å². The van der Waals surface area contributed by atoms with E-state index in [0.29, 0.717) is 13.0 Å². The molecule has 1 aromatic rings. The van der Waals surface area contributed by atoms with Crippen molar-refractivity contribution in [2.75, 3.05) is 0 Å². The van der Waals surface area contributed by atoms with Crippen LogP contribution < -0.4 is 0 Å². The van der Waals surface area contributed by atoms with Crippen LogP contribution in [-0.4, -0.2) is 17.3 Å². The molecule has 2 rings (SSSR count). The van der Waals surface area contributed by atoms with Gasteiger partial charge < -0.3 is 9.94 Å². The monoisotopic (exact) mass is 219 g/mol. The summed E-state index contributed by atoms with van der Waals surface area (Å²) in [5.74, 6) is -0.961. The second kappa shape index (κ2) is 4.79. The van der Waals surface area contributed by atoms with Gasteiger partial charge in [0.05, 0.1) is 5.92 Å². The SMILES string of the molecule is O=C(O)[C@@H]1C[C@@H]1/C=N/OCc1ccccc1. The van der Waals surface area contributed by atoms with Crippen LogP contribution >= 0.6 is 0 Å². The molecule has 1 fully saturated rings. The van der Waals surface area contributed by atoms with E-state index in [9.17, 15) is 4.79 Å². The van der Waals surface area contributed by atoms with Crippen molar-refractivity contribution in [3.63, 3.8) is 0 Å². The van der Waals surface area contributed by atoms with Crippen molar-refractivity contribution in [1.82, 2.24) is 0 Å². The highest BCUT2D eigenvalue weighted by Gasteiger charge is 2.42. The molecule has 4 heteroatoms. The predicted octanol–water partition coefficient (Wildman–Crippen LogP) is 1.91. The summed E-state index contributed by atoms with van der Waals surface area (Å²) in [5.41, 5.74) is 1.05. The number of hydrogen-bond donors (Lipinski definition) is 1. The Morgan fingerprint density at radius 3 is 2.88 bits per heavy atom. The predicted molar refractivity (Wildman–Crippen MR) is 59.0 cm³/mol. The van der Waals surface area contributed by atoms with Crippen LogP contribution in [0.2, 0.25) is 0 Å². The molecule has 0 unspecified atom stereocenters. The summed E-state index contributed by atoms with van der Waals surface area (Å²) in [6, 6.07) is 9.71. The quantitative estimate of drug-likeness (QED) is 0.608. The number of carboxylic acid groups (broad SMARTS) is 1. The van der Waals surface area contributed by atoms with Crippen LogP contribution in [0.1, 0.15) is 12.0 Å². The van der Waals surface area contributed by atoms with E-state index in [1.807, 2.05) is 30.3 Å². The molecule has 0 spiro atoms. The van der Waals surface area contributed by atoms with E-state index < -0.39 is 5.97 Å². The summed E-state index contributed by atoms with van der Waals surface area (Å²) in [6.07, 6.45) is 2.26. The fourth-order valence-electron chi connectivity index (χ4n) is 1.47. The number of nitrogens with zero attached hydrogens (tertiary/aromatic N) is 1. The van der Waals surface area contributed by atoms with Crippen molar-refractivity contribution in [3.8, 4) is 0 Å². The molecule has 0 aromatic heterocycles. The molecule has 1 aromatic carbocycles. The number of aliphatic carboxylic acids is 1. The van der Waals surface area contributed by atoms with Gasteiger partial charge in [-0.15, -0.1) is 0 Å². The topological polar surface area (TPSA) is 58.9 Å². The zero-order valence-corrected chi connectivity index (χ0v) is 8.74. The Bertz CT molecular complexity index is 389. The summed E-state index contributed by atoms with van der Waals surface area (Å²) in [6.45, 7) is 0.418. The third-order valence-corrected chi connectivity index (χ3v) is 2.56. The van der Waals surface area contributed by atoms with Gasteiger partial charge >= 0.3 is 5.97 Å². The lowest BCUT2D eigenvalue weighted by atomic mass is 10.2. The first-order chi connectivity index (χ1) is 7.77. The largest absolute Gasteiger partial charge is 0.481 e. The van der Waals surface area contributed by atoms with Crippen LogP contribution in [-0.2, 0) is 16.2 Å². The maximum atomic E-state index is 10.5. The molecule has 2 atom stereocenters. The van der Waals surface area contributed by atoms with Gasteiger partial charge in [0.1, 0.15) is 6.61 Å². The first-order valence-corrected chi connectivity index (χ1v) is 5.19. The summed E-state index contributed by atoms with van der Waals surface area (Å²) < 4.78 is 0. The molecule has 0 radical (unpaired) electrons. The summed E-state index contributed by atoms with van der Waals surface area (Å²) in [7, 11) is 0. The van der Waals surface area contributed by atoms with Crippen molar-refractivity contribution in [2.45, 2.75) is 13.0 Å². The Kier molecular flexibility index (Phi) is 3.19. The maximum absolute atomic E-state index is 10.5. The van der Waals surface area contributed by atoms with Gasteiger partial charge in [0.2, 0.25) is 0 Å². The number of carboxylic acids is 1. The Hall–Kier alpha value is -1.84. The van der Waals surface area contributed by atoms with E-state index in [1.165, 1.54) is 0 Å². The molecule has 0 amide bonds. The van der Waals surface area contributed by atoms with Gasteiger partial charge in [0.25, 0.3) is 0 Å². The molecule has 1 saturated carbocycles. The minimum absolute atomic E-state index is 0.0493. The number of carbonyl (C=O) groups is 1. The van der Waals surface area contributed by atoms with Crippen LogP contribution in [0.4, 0.5) is 0 Å². The molecule has 1 aliphatic rings. The lowest BCUT2D eigenvalue weighted by molar-refractivity contribution is -0.138. The Labute approximate surface area is 93.5 Å². The number of hydrogen-bond acceptors (Lipinski definition) is 3. The van der Waals surface area contributed by atoms with Gasteiger partial charge in [-0.1, -0.05) is 35.5 Å². The van der Waals surface area contributed by atoms with Crippen LogP contribution in [0.3, 0.4) is 0 Å². The van der Waals surface area contributed by atoms with E-state index in [-0.39, 0.29) is 11.8 Å². The number of oxime groups is 1. The lowest BCUT2D eigenvalue weighted by Gasteiger charge is -1.98. The summed E-state index contributed by atoms with van der Waals surface area (Å²) in [5, 5.41) is 12.4. The van der Waals surface area contributed by atoms with Crippen LogP contribution in [0.15, 0.2) is 35.5 Å². The van der Waals surface area contributed by atoms with Crippen molar-refractivity contribution >= 4 is 12.2 Å². The van der Waals surface area contributed by atoms with E-state index in [4.69, 9.17) is 9.94 Å². The van der Waals surface area contributed by atoms with Gasteiger partial charge in [-0.25, -0.2) is 0 Å². The molecule has 0 saturated heterocycles. The molecule has 4 nitrogen and oxygen atoms in total. The Morgan fingerprint density at radius 2 is 2.25 bits per heavy atom. The number of benzene rings is 1. The van der Waals surface area contributed by atoms with E-state index in [2.05, 4.69) is 5.16 Å². The number of rotatable bonds is 5. The second-order valence-electron chi connectivity index (χ2n) is 3.86. The highest BCUT2D eigenvalue weighted by atomic mass is 16.6. The second-order valence-corrected chi connectivity index (χ2v) is 3.86. The van der Waals surface area contributed by atoms with Crippen LogP contribution in [0.25, 0.3) is 0 Å². The highest BCUT2D eigenvalue weighted by Crippen LogP contribution is 2.36. The molecule has 1 aliphatic carbocycles. The van der Waals surface area contributed by atoms with Crippen molar-refractivity contribution in [3.05, 3.63) is 35.9 Å². The molecule has 84 valence electrons. The van der Waals surface area contributed by atoms with E-state index >= 15 is 0 Å². The first-order valence-electron chi connectivity index (χ1n) is 5.19. The first kappa shape index (κ1) is 10.7. The zero-order chi connectivity index (χ0) is 11.4. The normalized spacial score (nSPS) is 23.2. The minimum atomic E-state index is -0.750. The fourth-order valence-corrected chi connectivity index (χ4v) is 1.47. The molecule has 16 heavy (non-hydrogen) atoms. The standard InChI is InChI=1S/C12H13NO3/c14-12(15)11-6-10(11)7-13-16-8-9-4-2-1-3-5-9/h1-5,7,10-11H,6,8H2,(H,14,15)/b13-7+/t10-,11-/m1/s1. The lowest BCUT2D eigenvalue weighted by Crippen LogP contribution is -2.00.